The van der Waals surface area contributed by atoms with Crippen molar-refractivity contribution < 1.29 is 9.18 Å². The Balaban J connectivity index is 2.06. The molecule has 1 heterocycles. The Hall–Kier alpha value is -1.64. The highest BCUT2D eigenvalue weighted by molar-refractivity contribution is 6.31. The fourth-order valence-corrected chi connectivity index (χ4v) is 2.41. The van der Waals surface area contributed by atoms with Crippen molar-refractivity contribution in [2.45, 2.75) is 13.0 Å². The van der Waals surface area contributed by atoms with E-state index in [2.05, 4.69) is 6.07 Å². The summed E-state index contributed by atoms with van der Waals surface area (Å²) in [5, 5.41) is 8.82. The molecule has 1 unspecified atom stereocenters. The van der Waals surface area contributed by atoms with Gasteiger partial charge in [-0.25, -0.2) is 4.39 Å². The molecule has 2 rings (SSSR count). The first-order valence-electron chi connectivity index (χ1n) is 6.41. The molecule has 1 aromatic rings. The van der Waals surface area contributed by atoms with Crippen molar-refractivity contribution in [1.82, 2.24) is 9.80 Å². The lowest BCUT2D eigenvalue weighted by atomic mass is 10.1. The molecule has 1 aliphatic heterocycles. The van der Waals surface area contributed by atoms with Gasteiger partial charge in [-0.3, -0.25) is 9.69 Å². The Bertz CT molecular complexity index is 550. The summed E-state index contributed by atoms with van der Waals surface area (Å²) in [7, 11) is 0. The summed E-state index contributed by atoms with van der Waals surface area (Å²) in [6, 6.07) is 6.42. The predicted octanol–water partition coefficient (Wildman–Crippen LogP) is 2.15. The molecular formula is C14H15ClFN3O. The molecule has 0 bridgehead atoms. The molecule has 1 saturated heterocycles. The van der Waals surface area contributed by atoms with Gasteiger partial charge in [0.2, 0.25) is 0 Å². The summed E-state index contributed by atoms with van der Waals surface area (Å²) in [4.78, 5) is 15.9. The van der Waals surface area contributed by atoms with Gasteiger partial charge in [0.15, 0.2) is 5.82 Å². The molecule has 0 aromatic heterocycles. The molecule has 4 nitrogen and oxygen atoms in total. The molecule has 1 aliphatic rings. The van der Waals surface area contributed by atoms with Gasteiger partial charge in [0.25, 0.3) is 5.91 Å². The number of hydrogen-bond donors (Lipinski definition) is 0. The summed E-state index contributed by atoms with van der Waals surface area (Å²) in [5.41, 5.74) is -0.000665. The quantitative estimate of drug-likeness (QED) is 0.840. The number of rotatable bonds is 2. The largest absolute Gasteiger partial charge is 0.336 e. The molecule has 0 spiro atoms. The monoisotopic (exact) mass is 295 g/mol. The van der Waals surface area contributed by atoms with Crippen LogP contribution in [0.3, 0.4) is 0 Å². The van der Waals surface area contributed by atoms with Gasteiger partial charge >= 0.3 is 0 Å². The minimum atomic E-state index is -0.674. The molecular weight excluding hydrogens is 281 g/mol. The fourth-order valence-electron chi connectivity index (χ4n) is 2.23. The van der Waals surface area contributed by atoms with Gasteiger partial charge in [-0.2, -0.15) is 5.26 Å². The van der Waals surface area contributed by atoms with Gasteiger partial charge in [-0.1, -0.05) is 17.7 Å². The van der Waals surface area contributed by atoms with Crippen LogP contribution in [0.4, 0.5) is 4.39 Å². The van der Waals surface area contributed by atoms with E-state index in [0.717, 1.165) is 0 Å². The molecule has 0 saturated carbocycles. The van der Waals surface area contributed by atoms with E-state index in [1.807, 2.05) is 11.8 Å². The Morgan fingerprint density at radius 1 is 1.40 bits per heavy atom. The second-order valence-electron chi connectivity index (χ2n) is 4.73. The van der Waals surface area contributed by atoms with E-state index in [9.17, 15) is 9.18 Å². The van der Waals surface area contributed by atoms with Crippen molar-refractivity contribution >= 4 is 17.5 Å². The summed E-state index contributed by atoms with van der Waals surface area (Å²) >= 11 is 5.69. The van der Waals surface area contributed by atoms with Crippen LogP contribution in [0.1, 0.15) is 17.3 Å². The second kappa shape index (κ2) is 6.21. The highest BCUT2D eigenvalue weighted by atomic mass is 35.5. The van der Waals surface area contributed by atoms with E-state index < -0.39 is 5.82 Å². The molecule has 0 radical (unpaired) electrons. The van der Waals surface area contributed by atoms with Crippen LogP contribution in [0.15, 0.2) is 18.2 Å². The average Bonchev–Trinajstić information content (AvgIpc) is 2.48. The van der Waals surface area contributed by atoms with Gasteiger partial charge in [-0.15, -0.1) is 0 Å². The topological polar surface area (TPSA) is 47.3 Å². The van der Waals surface area contributed by atoms with Crippen LogP contribution in [-0.4, -0.2) is 47.9 Å². The summed E-state index contributed by atoms with van der Waals surface area (Å²) in [5.74, 6) is -1.03. The van der Waals surface area contributed by atoms with Crippen molar-refractivity contribution in [3.63, 3.8) is 0 Å². The molecule has 0 aliphatic carbocycles. The normalized spacial score (nSPS) is 17.6. The standard InChI is InChI=1S/C14H15ClFN3O/c1-10(9-17)18-5-7-19(8-6-18)14(20)11-3-2-4-12(15)13(11)16/h2-4,10H,5-8H2,1H3. The van der Waals surface area contributed by atoms with Crippen LogP contribution >= 0.6 is 11.6 Å². The zero-order valence-corrected chi connectivity index (χ0v) is 11.9. The van der Waals surface area contributed by atoms with Crippen molar-refractivity contribution in [3.05, 3.63) is 34.6 Å². The predicted molar refractivity (Wildman–Crippen MR) is 74.0 cm³/mol. The van der Waals surface area contributed by atoms with Gasteiger partial charge in [0.05, 0.1) is 22.7 Å². The van der Waals surface area contributed by atoms with Crippen LogP contribution < -0.4 is 0 Å². The summed E-state index contributed by atoms with van der Waals surface area (Å²) in [6.45, 7) is 4.02. The zero-order chi connectivity index (χ0) is 14.7. The summed E-state index contributed by atoms with van der Waals surface area (Å²) < 4.78 is 13.8. The minimum absolute atomic E-state index is 0.000665. The number of nitriles is 1. The van der Waals surface area contributed by atoms with E-state index in [1.165, 1.54) is 12.1 Å². The lowest BCUT2D eigenvalue weighted by molar-refractivity contribution is 0.0611. The SMILES string of the molecule is CC(C#N)N1CCN(C(=O)c2cccc(Cl)c2F)CC1. The molecule has 106 valence electrons. The molecule has 0 N–H and O–H groups in total. The number of amides is 1. The molecule has 20 heavy (non-hydrogen) atoms. The molecule has 1 amide bonds. The Morgan fingerprint density at radius 2 is 2.05 bits per heavy atom. The number of piperazine rings is 1. The zero-order valence-electron chi connectivity index (χ0n) is 11.1. The Labute approximate surface area is 122 Å². The van der Waals surface area contributed by atoms with Crippen LogP contribution in [-0.2, 0) is 0 Å². The maximum Gasteiger partial charge on any atom is 0.256 e. The van der Waals surface area contributed by atoms with Crippen LogP contribution in [0.5, 0.6) is 0 Å². The van der Waals surface area contributed by atoms with Crippen molar-refractivity contribution in [2.24, 2.45) is 0 Å². The first kappa shape index (κ1) is 14.8. The third kappa shape index (κ3) is 2.92. The van der Waals surface area contributed by atoms with E-state index in [1.54, 1.807) is 11.0 Å². The lowest BCUT2D eigenvalue weighted by Crippen LogP contribution is -2.51. The molecule has 6 heteroatoms. The van der Waals surface area contributed by atoms with E-state index in [-0.39, 0.29) is 22.5 Å². The first-order chi connectivity index (χ1) is 9.54. The highest BCUT2D eigenvalue weighted by Crippen LogP contribution is 2.20. The van der Waals surface area contributed by atoms with Gasteiger partial charge in [-0.05, 0) is 19.1 Å². The Kier molecular flexibility index (Phi) is 4.58. The third-order valence-corrected chi connectivity index (χ3v) is 3.81. The number of halogens is 2. The van der Waals surface area contributed by atoms with Crippen molar-refractivity contribution in [3.8, 4) is 6.07 Å². The number of carbonyl (C=O) groups excluding carboxylic acids is 1. The maximum atomic E-state index is 13.8. The maximum absolute atomic E-state index is 13.8. The van der Waals surface area contributed by atoms with Crippen LogP contribution in [0.25, 0.3) is 0 Å². The number of benzene rings is 1. The molecule has 1 aromatic carbocycles. The first-order valence-corrected chi connectivity index (χ1v) is 6.79. The number of hydrogen-bond acceptors (Lipinski definition) is 3. The minimum Gasteiger partial charge on any atom is -0.336 e. The second-order valence-corrected chi connectivity index (χ2v) is 5.14. The molecule has 1 fully saturated rings. The average molecular weight is 296 g/mol. The smallest absolute Gasteiger partial charge is 0.256 e. The van der Waals surface area contributed by atoms with Crippen LogP contribution in [0, 0.1) is 17.1 Å². The van der Waals surface area contributed by atoms with Gasteiger partial charge in [0.1, 0.15) is 0 Å². The number of carbonyl (C=O) groups is 1. The van der Waals surface area contributed by atoms with Crippen molar-refractivity contribution in [2.75, 3.05) is 26.2 Å². The molecule has 1 atom stereocenters. The lowest BCUT2D eigenvalue weighted by Gasteiger charge is -2.35. The summed E-state index contributed by atoms with van der Waals surface area (Å²) in [6.07, 6.45) is 0. The van der Waals surface area contributed by atoms with E-state index in [4.69, 9.17) is 16.9 Å². The van der Waals surface area contributed by atoms with Crippen molar-refractivity contribution in [1.29, 1.82) is 5.26 Å². The fraction of sp³-hybridized carbons (Fsp3) is 0.429. The van der Waals surface area contributed by atoms with Gasteiger partial charge in [0, 0.05) is 26.2 Å². The Morgan fingerprint density at radius 3 is 2.65 bits per heavy atom. The highest BCUT2D eigenvalue weighted by Gasteiger charge is 2.26. The van der Waals surface area contributed by atoms with E-state index in [0.29, 0.717) is 26.2 Å². The number of nitrogens with zero attached hydrogens (tertiary/aromatic N) is 3. The van der Waals surface area contributed by atoms with E-state index >= 15 is 0 Å². The van der Waals surface area contributed by atoms with Crippen LogP contribution in [0.2, 0.25) is 5.02 Å². The van der Waals surface area contributed by atoms with Gasteiger partial charge < -0.3 is 4.90 Å². The third-order valence-electron chi connectivity index (χ3n) is 3.52.